The predicted octanol–water partition coefficient (Wildman–Crippen LogP) is 1.53. The molecule has 2 aromatic rings. The van der Waals surface area contributed by atoms with E-state index in [9.17, 15) is 9.59 Å². The summed E-state index contributed by atoms with van der Waals surface area (Å²) in [6.45, 7) is 5.55. The van der Waals surface area contributed by atoms with Crippen molar-refractivity contribution in [1.29, 1.82) is 0 Å². The molecule has 22 heavy (non-hydrogen) atoms. The molecule has 8 heteroatoms. The molecule has 0 saturated heterocycles. The van der Waals surface area contributed by atoms with Crippen LogP contribution in [0.3, 0.4) is 0 Å². The van der Waals surface area contributed by atoms with Gasteiger partial charge in [-0.25, -0.2) is 9.31 Å². The average Bonchev–Trinajstić information content (AvgIpc) is 2.92. The van der Waals surface area contributed by atoms with Crippen molar-refractivity contribution in [2.45, 2.75) is 32.8 Å². The fourth-order valence-corrected chi connectivity index (χ4v) is 1.94. The quantitative estimate of drug-likeness (QED) is 0.896. The van der Waals surface area contributed by atoms with Crippen LogP contribution in [0.4, 0.5) is 10.5 Å². The summed E-state index contributed by atoms with van der Waals surface area (Å²) in [5.41, 5.74) is 0.881. The lowest BCUT2D eigenvalue weighted by atomic mass is 10.2. The van der Waals surface area contributed by atoms with E-state index < -0.39 is 11.7 Å². The fourth-order valence-electron chi connectivity index (χ4n) is 1.94. The van der Waals surface area contributed by atoms with Crippen LogP contribution in [-0.4, -0.2) is 38.3 Å². The number of rotatable bonds is 4. The Morgan fingerprint density at radius 2 is 2.05 bits per heavy atom. The maximum absolute atomic E-state index is 11.9. The molecule has 0 saturated carbocycles. The SMILES string of the molecule is Cn1ccn2ncc(NC(=O)CCNC(=O)OC(C)(C)C)c12. The number of fused-ring (bicyclic) bond motifs is 1. The van der Waals surface area contributed by atoms with E-state index in [2.05, 4.69) is 15.7 Å². The number of aromatic nitrogens is 3. The molecule has 0 spiro atoms. The number of nitrogens with one attached hydrogen (secondary N) is 2. The molecule has 2 heterocycles. The second-order valence-corrected chi connectivity index (χ2v) is 5.96. The average molecular weight is 307 g/mol. The summed E-state index contributed by atoms with van der Waals surface area (Å²) in [4.78, 5) is 23.4. The van der Waals surface area contributed by atoms with Crippen LogP contribution >= 0.6 is 0 Å². The molecule has 0 unspecified atom stereocenters. The van der Waals surface area contributed by atoms with Gasteiger partial charge in [-0.05, 0) is 20.8 Å². The van der Waals surface area contributed by atoms with Crippen molar-refractivity contribution in [2.75, 3.05) is 11.9 Å². The first kappa shape index (κ1) is 15.9. The number of hydrogen-bond acceptors (Lipinski definition) is 4. The second-order valence-electron chi connectivity index (χ2n) is 5.96. The molecule has 2 rings (SSSR count). The maximum atomic E-state index is 11.9. The van der Waals surface area contributed by atoms with E-state index in [1.807, 2.05) is 17.8 Å². The third-order valence-corrected chi connectivity index (χ3v) is 2.83. The van der Waals surface area contributed by atoms with Gasteiger partial charge in [-0.1, -0.05) is 0 Å². The van der Waals surface area contributed by atoms with Crippen LogP contribution in [0.5, 0.6) is 0 Å². The first-order valence-corrected chi connectivity index (χ1v) is 7.01. The molecular formula is C14H21N5O3. The summed E-state index contributed by atoms with van der Waals surface area (Å²) < 4.78 is 8.63. The number of alkyl carbamates (subject to hydrolysis) is 1. The second kappa shape index (κ2) is 6.08. The molecule has 2 N–H and O–H groups in total. The van der Waals surface area contributed by atoms with Crippen LogP contribution in [0.2, 0.25) is 0 Å². The topological polar surface area (TPSA) is 89.7 Å². The molecule has 2 amide bonds. The highest BCUT2D eigenvalue weighted by Gasteiger charge is 2.16. The lowest BCUT2D eigenvalue weighted by molar-refractivity contribution is -0.116. The summed E-state index contributed by atoms with van der Waals surface area (Å²) in [5, 5.41) is 9.46. The van der Waals surface area contributed by atoms with Crippen LogP contribution < -0.4 is 10.6 Å². The molecule has 120 valence electrons. The molecule has 0 atom stereocenters. The lowest BCUT2D eigenvalue weighted by Gasteiger charge is -2.19. The first-order valence-electron chi connectivity index (χ1n) is 7.01. The van der Waals surface area contributed by atoms with Crippen LogP contribution in [0, 0.1) is 0 Å². The zero-order valence-electron chi connectivity index (χ0n) is 13.2. The number of amides is 2. The Morgan fingerprint density at radius 3 is 2.73 bits per heavy atom. The van der Waals surface area contributed by atoms with E-state index in [-0.39, 0.29) is 18.9 Å². The summed E-state index contributed by atoms with van der Waals surface area (Å²) in [6.07, 6.45) is 4.86. The van der Waals surface area contributed by atoms with Gasteiger partial charge in [0.1, 0.15) is 11.3 Å². The molecule has 8 nitrogen and oxygen atoms in total. The van der Waals surface area contributed by atoms with E-state index in [0.717, 1.165) is 5.65 Å². The molecule has 0 aromatic carbocycles. The van der Waals surface area contributed by atoms with Gasteiger partial charge in [0.15, 0.2) is 5.65 Å². The Kier molecular flexibility index (Phi) is 4.39. The van der Waals surface area contributed by atoms with Crippen LogP contribution in [0.15, 0.2) is 18.6 Å². The Labute approximate surface area is 128 Å². The standard InChI is InChI=1S/C14H21N5O3/c1-14(2,3)22-13(21)15-6-5-11(20)17-10-9-16-19-8-7-18(4)12(10)19/h7-9H,5-6H2,1-4H3,(H,15,21)(H,17,20). The summed E-state index contributed by atoms with van der Waals surface area (Å²) in [7, 11) is 1.87. The van der Waals surface area contributed by atoms with Gasteiger partial charge in [-0.2, -0.15) is 5.10 Å². The summed E-state index contributed by atoms with van der Waals surface area (Å²) >= 11 is 0. The van der Waals surface area contributed by atoms with Crippen molar-refractivity contribution < 1.29 is 14.3 Å². The van der Waals surface area contributed by atoms with E-state index in [4.69, 9.17) is 4.74 Å². The van der Waals surface area contributed by atoms with Crippen molar-refractivity contribution >= 4 is 23.3 Å². The van der Waals surface area contributed by atoms with Gasteiger partial charge in [0.25, 0.3) is 0 Å². The highest BCUT2D eigenvalue weighted by Crippen LogP contribution is 2.16. The van der Waals surface area contributed by atoms with Gasteiger partial charge < -0.3 is 19.9 Å². The Balaban J connectivity index is 1.81. The third-order valence-electron chi connectivity index (χ3n) is 2.83. The van der Waals surface area contributed by atoms with Crippen LogP contribution in [0.1, 0.15) is 27.2 Å². The number of anilines is 1. The Morgan fingerprint density at radius 1 is 1.32 bits per heavy atom. The largest absolute Gasteiger partial charge is 0.444 e. The molecule has 0 radical (unpaired) electrons. The van der Waals surface area contributed by atoms with Gasteiger partial charge in [-0.15, -0.1) is 0 Å². The van der Waals surface area contributed by atoms with Crippen LogP contribution in [-0.2, 0) is 16.6 Å². The highest BCUT2D eigenvalue weighted by atomic mass is 16.6. The number of ether oxygens (including phenoxy) is 1. The normalized spacial score (nSPS) is 11.5. The Hall–Kier alpha value is -2.51. The van der Waals surface area contributed by atoms with Gasteiger partial charge in [0.05, 0.1) is 6.20 Å². The number of carbonyl (C=O) groups is 2. The molecular weight excluding hydrogens is 286 g/mol. The minimum absolute atomic E-state index is 0.154. The molecule has 0 fully saturated rings. The monoisotopic (exact) mass is 307 g/mol. The van der Waals surface area contributed by atoms with Crippen molar-refractivity contribution in [3.8, 4) is 0 Å². The van der Waals surface area contributed by atoms with Crippen molar-refractivity contribution in [1.82, 2.24) is 19.5 Å². The number of nitrogens with zero attached hydrogens (tertiary/aromatic N) is 3. The predicted molar refractivity (Wildman–Crippen MR) is 81.6 cm³/mol. The number of carbonyl (C=O) groups excluding carboxylic acids is 2. The van der Waals surface area contributed by atoms with Crippen LogP contribution in [0.25, 0.3) is 5.65 Å². The van der Waals surface area contributed by atoms with Crippen molar-refractivity contribution in [3.05, 3.63) is 18.6 Å². The lowest BCUT2D eigenvalue weighted by Crippen LogP contribution is -2.34. The Bertz CT molecular complexity index is 680. The smallest absolute Gasteiger partial charge is 0.407 e. The zero-order chi connectivity index (χ0) is 16.3. The van der Waals surface area contributed by atoms with E-state index in [1.165, 1.54) is 0 Å². The van der Waals surface area contributed by atoms with E-state index in [0.29, 0.717) is 5.69 Å². The van der Waals surface area contributed by atoms with E-state index in [1.54, 1.807) is 37.7 Å². The molecule has 0 aliphatic heterocycles. The summed E-state index contributed by atoms with van der Waals surface area (Å²) in [5.74, 6) is -0.202. The first-order chi connectivity index (χ1) is 10.3. The highest BCUT2D eigenvalue weighted by molar-refractivity contribution is 5.94. The number of hydrogen-bond donors (Lipinski definition) is 2. The minimum atomic E-state index is -0.553. The molecule has 0 bridgehead atoms. The maximum Gasteiger partial charge on any atom is 0.407 e. The molecule has 2 aromatic heterocycles. The third kappa shape index (κ3) is 4.00. The minimum Gasteiger partial charge on any atom is -0.444 e. The van der Waals surface area contributed by atoms with Crippen molar-refractivity contribution in [3.63, 3.8) is 0 Å². The van der Waals surface area contributed by atoms with Crippen molar-refractivity contribution in [2.24, 2.45) is 7.05 Å². The zero-order valence-corrected chi connectivity index (χ0v) is 13.2. The van der Waals surface area contributed by atoms with Gasteiger partial charge in [0, 0.05) is 32.4 Å². The van der Waals surface area contributed by atoms with Gasteiger partial charge in [-0.3, -0.25) is 4.79 Å². The fraction of sp³-hybridized carbons (Fsp3) is 0.500. The number of aryl methyl sites for hydroxylation is 1. The van der Waals surface area contributed by atoms with E-state index >= 15 is 0 Å². The molecule has 0 aliphatic carbocycles. The number of imidazole rings is 1. The molecule has 0 aliphatic rings. The summed E-state index contributed by atoms with van der Waals surface area (Å²) in [6, 6.07) is 0. The van der Waals surface area contributed by atoms with Gasteiger partial charge in [0.2, 0.25) is 5.91 Å². The van der Waals surface area contributed by atoms with Gasteiger partial charge >= 0.3 is 6.09 Å².